The maximum absolute atomic E-state index is 13.3. The third-order valence-corrected chi connectivity index (χ3v) is 5.85. The lowest BCUT2D eigenvalue weighted by atomic mass is 9.94. The molecule has 1 atom stereocenters. The molecule has 1 fully saturated rings. The van der Waals surface area contributed by atoms with E-state index in [9.17, 15) is 14.7 Å². The number of carbonyl (C=O) groups excluding carboxylic acids is 2. The Morgan fingerprint density at radius 1 is 0.939 bits per heavy atom. The van der Waals surface area contributed by atoms with Gasteiger partial charge in [0, 0.05) is 16.8 Å². The summed E-state index contributed by atoms with van der Waals surface area (Å²) in [5.74, 6) is -0.705. The van der Waals surface area contributed by atoms with Gasteiger partial charge in [0.2, 0.25) is 0 Å². The summed E-state index contributed by atoms with van der Waals surface area (Å²) in [5, 5.41) is 11.2. The normalized spacial score (nSPS) is 17.3. The number of ether oxygens (including phenoxy) is 2. The molecule has 1 N–H and O–H groups in total. The SMILES string of the molecule is CCc1ccc(N2C(=O)C(=O)C(=C(O)c3ccccc3)C2c2cc(OC)ccc2OC)cc1. The molecule has 1 aliphatic heterocycles. The molecule has 0 saturated carbocycles. The number of hydrogen-bond donors (Lipinski definition) is 1. The fourth-order valence-electron chi connectivity index (χ4n) is 4.09. The molecule has 0 aliphatic carbocycles. The van der Waals surface area contributed by atoms with Gasteiger partial charge in [-0.05, 0) is 42.3 Å². The zero-order chi connectivity index (χ0) is 23.5. The number of rotatable bonds is 6. The Morgan fingerprint density at radius 2 is 1.64 bits per heavy atom. The van der Waals surface area contributed by atoms with Crippen molar-refractivity contribution in [2.24, 2.45) is 0 Å². The van der Waals surface area contributed by atoms with Crippen molar-refractivity contribution in [3.63, 3.8) is 0 Å². The topological polar surface area (TPSA) is 76.1 Å². The van der Waals surface area contributed by atoms with Gasteiger partial charge in [0.25, 0.3) is 11.7 Å². The average molecular weight is 443 g/mol. The van der Waals surface area contributed by atoms with Crippen LogP contribution in [-0.4, -0.2) is 31.0 Å². The van der Waals surface area contributed by atoms with Crippen molar-refractivity contribution in [2.45, 2.75) is 19.4 Å². The van der Waals surface area contributed by atoms with Crippen molar-refractivity contribution in [3.8, 4) is 11.5 Å². The van der Waals surface area contributed by atoms with Gasteiger partial charge in [-0.3, -0.25) is 14.5 Å². The first-order valence-electron chi connectivity index (χ1n) is 10.7. The van der Waals surface area contributed by atoms with Crippen LogP contribution in [0.5, 0.6) is 11.5 Å². The van der Waals surface area contributed by atoms with Crippen molar-refractivity contribution < 1.29 is 24.2 Å². The minimum atomic E-state index is -0.900. The zero-order valence-electron chi connectivity index (χ0n) is 18.7. The molecule has 0 spiro atoms. The van der Waals surface area contributed by atoms with E-state index in [1.807, 2.05) is 37.3 Å². The number of benzene rings is 3. The highest BCUT2D eigenvalue weighted by Gasteiger charge is 2.48. The van der Waals surface area contributed by atoms with E-state index in [2.05, 4.69) is 0 Å². The monoisotopic (exact) mass is 443 g/mol. The Bertz CT molecular complexity index is 1220. The molecule has 0 aromatic heterocycles. The number of amides is 1. The highest BCUT2D eigenvalue weighted by Crippen LogP contribution is 2.45. The van der Waals surface area contributed by atoms with Gasteiger partial charge in [-0.1, -0.05) is 49.4 Å². The molecule has 33 heavy (non-hydrogen) atoms. The number of aliphatic hydroxyl groups excluding tert-OH is 1. The summed E-state index contributed by atoms with van der Waals surface area (Å²) in [7, 11) is 3.06. The lowest BCUT2D eigenvalue weighted by Gasteiger charge is -2.27. The summed E-state index contributed by atoms with van der Waals surface area (Å²) < 4.78 is 11.0. The first kappa shape index (κ1) is 22.1. The number of nitrogens with zero attached hydrogens (tertiary/aromatic N) is 1. The predicted octanol–water partition coefficient (Wildman–Crippen LogP) is 4.89. The third kappa shape index (κ3) is 3.96. The van der Waals surface area contributed by atoms with Gasteiger partial charge in [-0.25, -0.2) is 0 Å². The second-order valence-corrected chi connectivity index (χ2v) is 7.66. The Kier molecular flexibility index (Phi) is 6.18. The van der Waals surface area contributed by atoms with Crippen LogP contribution in [0.2, 0.25) is 0 Å². The average Bonchev–Trinajstić information content (AvgIpc) is 3.13. The fourth-order valence-corrected chi connectivity index (χ4v) is 4.09. The summed E-state index contributed by atoms with van der Waals surface area (Å²) in [5.41, 5.74) is 2.64. The molecule has 6 heteroatoms. The van der Waals surface area contributed by atoms with E-state index < -0.39 is 17.7 Å². The van der Waals surface area contributed by atoms with Crippen molar-refractivity contribution >= 4 is 23.1 Å². The minimum absolute atomic E-state index is 0.00248. The lowest BCUT2D eigenvalue weighted by molar-refractivity contribution is -0.132. The van der Waals surface area contributed by atoms with Crippen LogP contribution in [0.15, 0.2) is 78.4 Å². The predicted molar refractivity (Wildman–Crippen MR) is 127 cm³/mol. The highest BCUT2D eigenvalue weighted by molar-refractivity contribution is 6.51. The van der Waals surface area contributed by atoms with Crippen LogP contribution in [0.4, 0.5) is 5.69 Å². The summed E-state index contributed by atoms with van der Waals surface area (Å²) in [6, 6.07) is 20.5. The maximum atomic E-state index is 13.3. The van der Waals surface area contributed by atoms with Crippen molar-refractivity contribution in [1.82, 2.24) is 0 Å². The van der Waals surface area contributed by atoms with Crippen molar-refractivity contribution in [1.29, 1.82) is 0 Å². The van der Waals surface area contributed by atoms with E-state index in [4.69, 9.17) is 9.47 Å². The quantitative estimate of drug-likeness (QED) is 0.333. The number of aryl methyl sites for hydroxylation is 1. The number of Topliss-reactive ketones (excluding diaryl/α,β-unsaturated/α-hetero) is 1. The second-order valence-electron chi connectivity index (χ2n) is 7.66. The third-order valence-electron chi connectivity index (χ3n) is 5.85. The van der Waals surface area contributed by atoms with Crippen LogP contribution >= 0.6 is 0 Å². The van der Waals surface area contributed by atoms with Gasteiger partial charge in [-0.2, -0.15) is 0 Å². The van der Waals surface area contributed by atoms with E-state index in [1.165, 1.54) is 19.1 Å². The number of carbonyl (C=O) groups is 2. The smallest absolute Gasteiger partial charge is 0.300 e. The van der Waals surface area contributed by atoms with Gasteiger partial charge in [0.05, 0.1) is 25.8 Å². The van der Waals surface area contributed by atoms with Gasteiger partial charge in [-0.15, -0.1) is 0 Å². The summed E-state index contributed by atoms with van der Waals surface area (Å²) in [6.07, 6.45) is 0.847. The number of hydrogen-bond acceptors (Lipinski definition) is 5. The molecule has 4 rings (SSSR count). The van der Waals surface area contributed by atoms with Crippen LogP contribution in [0.1, 0.15) is 29.7 Å². The van der Waals surface area contributed by atoms with E-state index in [1.54, 1.807) is 42.5 Å². The van der Waals surface area contributed by atoms with Crippen LogP contribution in [0.3, 0.4) is 0 Å². The first-order valence-corrected chi connectivity index (χ1v) is 10.7. The number of anilines is 1. The van der Waals surface area contributed by atoms with Crippen LogP contribution in [0, 0.1) is 0 Å². The molecule has 1 saturated heterocycles. The van der Waals surface area contributed by atoms with Gasteiger partial charge >= 0.3 is 0 Å². The largest absolute Gasteiger partial charge is 0.507 e. The van der Waals surface area contributed by atoms with Gasteiger partial charge in [0.15, 0.2) is 0 Å². The van der Waals surface area contributed by atoms with E-state index in [0.29, 0.717) is 28.3 Å². The molecule has 1 aliphatic rings. The van der Waals surface area contributed by atoms with Gasteiger partial charge < -0.3 is 14.6 Å². The Hall–Kier alpha value is -4.06. The molecular formula is C27H25NO5. The first-order chi connectivity index (χ1) is 16.0. The minimum Gasteiger partial charge on any atom is -0.507 e. The molecule has 1 heterocycles. The molecule has 1 unspecified atom stereocenters. The molecule has 6 nitrogen and oxygen atoms in total. The lowest BCUT2D eigenvalue weighted by Crippen LogP contribution is -2.29. The standard InChI is InChI=1S/C27H25NO5/c1-4-17-10-12-19(13-11-17)28-24(21-16-20(32-2)14-15-22(21)33-3)23(26(30)27(28)31)25(29)18-8-6-5-7-9-18/h5-16,24,29H,4H2,1-3H3. The Morgan fingerprint density at radius 3 is 2.24 bits per heavy atom. The van der Waals surface area contributed by atoms with Crippen molar-refractivity contribution in [3.05, 3.63) is 95.1 Å². The fraction of sp³-hybridized carbons (Fsp3) is 0.185. The van der Waals surface area contributed by atoms with E-state index in [0.717, 1.165) is 12.0 Å². The summed E-state index contributed by atoms with van der Waals surface area (Å²) >= 11 is 0. The van der Waals surface area contributed by atoms with E-state index in [-0.39, 0.29) is 11.3 Å². The van der Waals surface area contributed by atoms with E-state index >= 15 is 0 Å². The molecular weight excluding hydrogens is 418 g/mol. The Balaban J connectivity index is 1.99. The highest BCUT2D eigenvalue weighted by atomic mass is 16.5. The molecule has 3 aromatic carbocycles. The van der Waals surface area contributed by atoms with Crippen LogP contribution in [0.25, 0.3) is 5.76 Å². The summed E-state index contributed by atoms with van der Waals surface area (Å²) in [6.45, 7) is 2.04. The molecule has 168 valence electrons. The van der Waals surface area contributed by atoms with Crippen LogP contribution < -0.4 is 14.4 Å². The van der Waals surface area contributed by atoms with Gasteiger partial charge in [0.1, 0.15) is 17.3 Å². The molecule has 0 bridgehead atoms. The second kappa shape index (κ2) is 9.20. The molecule has 1 amide bonds. The number of methoxy groups -OCH3 is 2. The van der Waals surface area contributed by atoms with Crippen LogP contribution in [-0.2, 0) is 16.0 Å². The number of ketones is 1. The summed E-state index contributed by atoms with van der Waals surface area (Å²) in [4.78, 5) is 28.0. The zero-order valence-corrected chi connectivity index (χ0v) is 18.7. The molecule has 3 aromatic rings. The van der Waals surface area contributed by atoms with Crippen molar-refractivity contribution in [2.75, 3.05) is 19.1 Å². The number of aliphatic hydroxyl groups is 1. The molecule has 0 radical (unpaired) electrons. The Labute approximate surface area is 192 Å². The maximum Gasteiger partial charge on any atom is 0.300 e.